The molecule has 0 bridgehead atoms. The summed E-state index contributed by atoms with van der Waals surface area (Å²) in [6.07, 6.45) is 3.76. The number of unbranched alkanes of at least 4 members (excludes halogenated alkanes) is 1. The van der Waals surface area contributed by atoms with Crippen molar-refractivity contribution < 1.29 is 13.2 Å². The Balaban J connectivity index is 2.29. The van der Waals surface area contributed by atoms with Crippen molar-refractivity contribution >= 4 is 0 Å². The summed E-state index contributed by atoms with van der Waals surface area (Å²) in [5, 5.41) is 0. The molecule has 13 heavy (non-hydrogen) atoms. The van der Waals surface area contributed by atoms with E-state index in [2.05, 4.69) is 0 Å². The molecule has 0 aromatic heterocycles. The standard InChI is InChI=1S/C10H17F3/c11-8-4-2-6-9-5-1-3-7-10(9,12)13/h9H,1-8H2. The zero-order valence-electron chi connectivity index (χ0n) is 7.87. The number of hydrogen-bond donors (Lipinski definition) is 0. The summed E-state index contributed by atoms with van der Waals surface area (Å²) in [4.78, 5) is 0. The molecule has 1 aliphatic rings. The van der Waals surface area contributed by atoms with E-state index in [1.54, 1.807) is 0 Å². The van der Waals surface area contributed by atoms with Gasteiger partial charge in [0.2, 0.25) is 0 Å². The SMILES string of the molecule is FCCCCC1CCCCC1(F)F. The van der Waals surface area contributed by atoms with Crippen molar-refractivity contribution in [2.45, 2.75) is 50.9 Å². The summed E-state index contributed by atoms with van der Waals surface area (Å²) in [5.74, 6) is -2.96. The van der Waals surface area contributed by atoms with E-state index in [9.17, 15) is 13.2 Å². The third-order valence-electron chi connectivity index (χ3n) is 2.85. The Morgan fingerprint density at radius 1 is 1.15 bits per heavy atom. The lowest BCUT2D eigenvalue weighted by Gasteiger charge is -2.31. The molecule has 1 unspecified atom stereocenters. The van der Waals surface area contributed by atoms with Gasteiger partial charge in [-0.2, -0.15) is 0 Å². The van der Waals surface area contributed by atoms with Gasteiger partial charge in [0.1, 0.15) is 0 Å². The second kappa shape index (κ2) is 4.87. The van der Waals surface area contributed by atoms with E-state index in [4.69, 9.17) is 0 Å². The Bertz CT molecular complexity index is 145. The predicted octanol–water partition coefficient (Wildman–Crippen LogP) is 3.95. The molecule has 1 fully saturated rings. The van der Waals surface area contributed by atoms with Crippen molar-refractivity contribution in [3.8, 4) is 0 Å². The van der Waals surface area contributed by atoms with Crippen LogP contribution in [0.5, 0.6) is 0 Å². The Morgan fingerprint density at radius 2 is 1.92 bits per heavy atom. The van der Waals surface area contributed by atoms with Crippen LogP contribution in [-0.4, -0.2) is 12.6 Å². The topological polar surface area (TPSA) is 0 Å². The molecule has 0 amide bonds. The molecule has 0 aromatic carbocycles. The molecule has 1 aliphatic carbocycles. The molecule has 0 N–H and O–H groups in total. The van der Waals surface area contributed by atoms with Crippen molar-refractivity contribution in [2.75, 3.05) is 6.67 Å². The van der Waals surface area contributed by atoms with E-state index >= 15 is 0 Å². The molecular formula is C10H17F3. The van der Waals surface area contributed by atoms with Gasteiger partial charge in [0.25, 0.3) is 5.92 Å². The fraction of sp³-hybridized carbons (Fsp3) is 1.00. The van der Waals surface area contributed by atoms with Gasteiger partial charge >= 0.3 is 0 Å². The fourth-order valence-electron chi connectivity index (χ4n) is 2.01. The molecule has 0 aliphatic heterocycles. The molecule has 1 atom stereocenters. The summed E-state index contributed by atoms with van der Waals surface area (Å²) >= 11 is 0. The quantitative estimate of drug-likeness (QED) is 0.594. The van der Waals surface area contributed by atoms with Crippen LogP contribution in [0.4, 0.5) is 13.2 Å². The van der Waals surface area contributed by atoms with Gasteiger partial charge in [-0.15, -0.1) is 0 Å². The molecule has 0 radical (unpaired) electrons. The molecular weight excluding hydrogens is 177 g/mol. The zero-order valence-corrected chi connectivity index (χ0v) is 7.87. The van der Waals surface area contributed by atoms with E-state index in [1.165, 1.54) is 0 Å². The predicted molar refractivity (Wildman–Crippen MR) is 46.7 cm³/mol. The van der Waals surface area contributed by atoms with Crippen LogP contribution in [0.3, 0.4) is 0 Å². The maximum atomic E-state index is 13.2. The summed E-state index contributed by atoms with van der Waals surface area (Å²) < 4.78 is 38.2. The molecule has 3 heteroatoms. The molecule has 1 rings (SSSR count). The highest BCUT2D eigenvalue weighted by molar-refractivity contribution is 4.81. The first kappa shape index (κ1) is 10.9. The summed E-state index contributed by atoms with van der Waals surface area (Å²) in [5.41, 5.74) is 0. The highest BCUT2D eigenvalue weighted by Gasteiger charge is 2.40. The fourth-order valence-corrected chi connectivity index (χ4v) is 2.01. The van der Waals surface area contributed by atoms with Crippen LogP contribution in [0.1, 0.15) is 44.9 Å². The van der Waals surface area contributed by atoms with Gasteiger partial charge in [0.15, 0.2) is 0 Å². The molecule has 78 valence electrons. The van der Waals surface area contributed by atoms with Crippen molar-refractivity contribution in [3.63, 3.8) is 0 Å². The average molecular weight is 194 g/mol. The first-order chi connectivity index (χ1) is 6.17. The van der Waals surface area contributed by atoms with E-state index in [0.29, 0.717) is 32.1 Å². The van der Waals surface area contributed by atoms with Crippen molar-refractivity contribution in [3.05, 3.63) is 0 Å². The van der Waals surface area contributed by atoms with E-state index < -0.39 is 11.8 Å². The Morgan fingerprint density at radius 3 is 2.54 bits per heavy atom. The van der Waals surface area contributed by atoms with Crippen LogP contribution in [0.15, 0.2) is 0 Å². The number of alkyl halides is 3. The molecule has 0 aromatic rings. The van der Waals surface area contributed by atoms with Crippen molar-refractivity contribution in [1.29, 1.82) is 0 Å². The van der Waals surface area contributed by atoms with Crippen molar-refractivity contribution in [2.24, 2.45) is 5.92 Å². The lowest BCUT2D eigenvalue weighted by atomic mass is 9.82. The smallest absolute Gasteiger partial charge is 0.250 e. The van der Waals surface area contributed by atoms with Crippen LogP contribution in [-0.2, 0) is 0 Å². The Hall–Kier alpha value is -0.210. The minimum absolute atomic E-state index is 0.0350. The maximum Gasteiger partial charge on any atom is 0.250 e. The van der Waals surface area contributed by atoms with Crippen LogP contribution in [0.25, 0.3) is 0 Å². The van der Waals surface area contributed by atoms with Crippen LogP contribution in [0, 0.1) is 5.92 Å². The second-order valence-electron chi connectivity index (χ2n) is 3.89. The van der Waals surface area contributed by atoms with Gasteiger partial charge < -0.3 is 0 Å². The molecule has 0 nitrogen and oxygen atoms in total. The summed E-state index contributed by atoms with van der Waals surface area (Å²) in [6, 6.07) is 0. The second-order valence-corrected chi connectivity index (χ2v) is 3.89. The third kappa shape index (κ3) is 3.20. The summed E-state index contributed by atoms with van der Waals surface area (Å²) in [7, 11) is 0. The molecule has 1 saturated carbocycles. The van der Waals surface area contributed by atoms with Crippen LogP contribution < -0.4 is 0 Å². The minimum atomic E-state index is -2.48. The highest BCUT2D eigenvalue weighted by atomic mass is 19.3. The normalized spacial score (nSPS) is 27.5. The Labute approximate surface area is 77.5 Å². The largest absolute Gasteiger partial charge is 0.251 e. The highest BCUT2D eigenvalue weighted by Crippen LogP contribution is 2.40. The Kier molecular flexibility index (Phi) is 4.07. The lowest BCUT2D eigenvalue weighted by molar-refractivity contribution is -0.0888. The average Bonchev–Trinajstić information content (AvgIpc) is 2.08. The minimum Gasteiger partial charge on any atom is -0.251 e. The van der Waals surface area contributed by atoms with Gasteiger partial charge in [-0.3, -0.25) is 4.39 Å². The number of rotatable bonds is 4. The van der Waals surface area contributed by atoms with E-state index in [0.717, 1.165) is 6.42 Å². The van der Waals surface area contributed by atoms with Crippen LogP contribution >= 0.6 is 0 Å². The first-order valence-electron chi connectivity index (χ1n) is 5.10. The molecule has 0 saturated heterocycles. The lowest BCUT2D eigenvalue weighted by Crippen LogP contribution is -2.31. The number of hydrogen-bond acceptors (Lipinski definition) is 0. The van der Waals surface area contributed by atoms with Crippen LogP contribution in [0.2, 0.25) is 0 Å². The number of halogens is 3. The van der Waals surface area contributed by atoms with Gasteiger partial charge in [-0.25, -0.2) is 8.78 Å². The monoisotopic (exact) mass is 194 g/mol. The van der Waals surface area contributed by atoms with E-state index in [1.807, 2.05) is 0 Å². The van der Waals surface area contributed by atoms with Gasteiger partial charge in [-0.1, -0.05) is 12.8 Å². The molecule has 0 spiro atoms. The zero-order chi connectivity index (χ0) is 9.73. The van der Waals surface area contributed by atoms with Crippen molar-refractivity contribution in [1.82, 2.24) is 0 Å². The summed E-state index contributed by atoms with van der Waals surface area (Å²) in [6.45, 7) is -0.377. The van der Waals surface area contributed by atoms with Gasteiger partial charge in [-0.05, 0) is 25.7 Å². The maximum absolute atomic E-state index is 13.2. The third-order valence-corrected chi connectivity index (χ3v) is 2.85. The van der Waals surface area contributed by atoms with Gasteiger partial charge in [0.05, 0.1) is 6.67 Å². The first-order valence-corrected chi connectivity index (χ1v) is 5.10. The van der Waals surface area contributed by atoms with Gasteiger partial charge in [0, 0.05) is 12.3 Å². The molecule has 0 heterocycles. The van der Waals surface area contributed by atoms with E-state index in [-0.39, 0.29) is 13.1 Å².